The third kappa shape index (κ3) is 8.15. The predicted molar refractivity (Wildman–Crippen MR) is 36.7 cm³/mol. The summed E-state index contributed by atoms with van der Waals surface area (Å²) in [5.74, 6) is 0. The summed E-state index contributed by atoms with van der Waals surface area (Å²) in [6, 6.07) is 0. The van der Waals surface area contributed by atoms with Crippen molar-refractivity contribution in [3.05, 3.63) is 0 Å². The van der Waals surface area contributed by atoms with Crippen LogP contribution >= 0.6 is 11.0 Å². The Kier molecular flexibility index (Phi) is 4.11. The van der Waals surface area contributed by atoms with Crippen molar-refractivity contribution >= 4 is 11.0 Å². The monoisotopic (exact) mass is 156 g/mol. The first-order valence-electron chi connectivity index (χ1n) is 2.47. The van der Waals surface area contributed by atoms with Gasteiger partial charge in [0.1, 0.15) is 0 Å². The molecule has 9 heavy (non-hydrogen) atoms. The average Bonchev–Trinajstić information content (AvgIpc) is 1.63. The fourth-order valence-electron chi connectivity index (χ4n) is 0.301. The lowest BCUT2D eigenvalue weighted by Gasteiger charge is -2.26. The van der Waals surface area contributed by atoms with Gasteiger partial charge in [0.15, 0.2) is 0 Å². The van der Waals surface area contributed by atoms with E-state index in [9.17, 15) is 0 Å². The summed E-state index contributed by atoms with van der Waals surface area (Å²) in [6.45, 7) is 0.331. The third-order valence-electron chi connectivity index (χ3n) is 0.649. The van der Waals surface area contributed by atoms with Gasteiger partial charge in [-0.25, -0.2) is 9.86 Å². The van der Waals surface area contributed by atoms with Gasteiger partial charge in [0.05, 0.1) is 0 Å². The Morgan fingerprint density at radius 2 is 2.00 bits per heavy atom. The van der Waals surface area contributed by atoms with E-state index in [4.69, 9.17) is 19.4 Å². The summed E-state index contributed by atoms with van der Waals surface area (Å²) in [7, 11) is -3.06. The SMILES string of the molecule is NS(O)(O)NCCCO. The third-order valence-corrected chi connectivity index (χ3v) is 1.28. The molecule has 0 saturated heterocycles. The largest absolute Gasteiger partial charge is 0.396 e. The molecule has 58 valence electrons. The smallest absolute Gasteiger partial charge is 0.0443 e. The standard InChI is InChI=1S/C3H12N2O3S/c4-9(7,8)5-2-1-3-6/h5-8H,1-4H2. The molecule has 0 aromatic carbocycles. The van der Waals surface area contributed by atoms with E-state index in [0.29, 0.717) is 13.0 Å². The molecule has 0 rings (SSSR count). The lowest BCUT2D eigenvalue weighted by molar-refractivity contribution is 0.288. The van der Waals surface area contributed by atoms with E-state index < -0.39 is 11.0 Å². The summed E-state index contributed by atoms with van der Waals surface area (Å²) in [6.07, 6.45) is 0.465. The van der Waals surface area contributed by atoms with E-state index in [-0.39, 0.29) is 6.61 Å². The molecule has 0 heterocycles. The molecule has 0 bridgehead atoms. The van der Waals surface area contributed by atoms with E-state index >= 15 is 0 Å². The van der Waals surface area contributed by atoms with Gasteiger partial charge in [0.2, 0.25) is 0 Å². The Morgan fingerprint density at radius 1 is 1.44 bits per heavy atom. The van der Waals surface area contributed by atoms with Gasteiger partial charge < -0.3 is 5.11 Å². The van der Waals surface area contributed by atoms with Gasteiger partial charge in [0.25, 0.3) is 0 Å². The minimum Gasteiger partial charge on any atom is -0.396 e. The van der Waals surface area contributed by atoms with Crippen molar-refractivity contribution in [2.45, 2.75) is 6.42 Å². The zero-order valence-electron chi connectivity index (χ0n) is 4.95. The lowest BCUT2D eigenvalue weighted by Crippen LogP contribution is -2.27. The van der Waals surface area contributed by atoms with Gasteiger partial charge >= 0.3 is 0 Å². The van der Waals surface area contributed by atoms with Crippen molar-refractivity contribution in [1.29, 1.82) is 0 Å². The highest BCUT2D eigenvalue weighted by Crippen LogP contribution is 2.20. The highest BCUT2D eigenvalue weighted by molar-refractivity contribution is 8.20. The second-order valence-electron chi connectivity index (χ2n) is 1.56. The molecular weight excluding hydrogens is 144 g/mol. The number of aliphatic hydroxyl groups excluding tert-OH is 1. The van der Waals surface area contributed by atoms with Crippen LogP contribution in [0, 0.1) is 0 Å². The first kappa shape index (κ1) is 9.15. The number of aliphatic hydroxyl groups is 1. The van der Waals surface area contributed by atoms with Gasteiger partial charge in [-0.1, -0.05) is 11.0 Å². The Labute approximate surface area is 55.5 Å². The van der Waals surface area contributed by atoms with Crippen LogP contribution in [0.3, 0.4) is 0 Å². The minimum absolute atomic E-state index is 0.0164. The molecule has 0 amide bonds. The van der Waals surface area contributed by atoms with E-state index in [1.54, 1.807) is 0 Å². The quantitative estimate of drug-likeness (QED) is 0.353. The van der Waals surface area contributed by atoms with Crippen molar-refractivity contribution in [3.8, 4) is 0 Å². The van der Waals surface area contributed by atoms with Crippen LogP contribution in [0.1, 0.15) is 6.42 Å². The van der Waals surface area contributed by atoms with Gasteiger partial charge in [-0.05, 0) is 6.42 Å². The van der Waals surface area contributed by atoms with Crippen LogP contribution in [0.2, 0.25) is 0 Å². The summed E-state index contributed by atoms with van der Waals surface area (Å²) >= 11 is 0. The van der Waals surface area contributed by atoms with E-state index in [1.165, 1.54) is 0 Å². The van der Waals surface area contributed by atoms with Gasteiger partial charge in [-0.15, -0.1) is 0 Å². The lowest BCUT2D eigenvalue weighted by atomic mass is 10.5. The van der Waals surface area contributed by atoms with Crippen LogP contribution in [0.15, 0.2) is 0 Å². The van der Waals surface area contributed by atoms with Crippen LogP contribution < -0.4 is 9.86 Å². The molecule has 0 spiro atoms. The molecule has 0 atom stereocenters. The van der Waals surface area contributed by atoms with Crippen LogP contribution in [-0.2, 0) is 0 Å². The summed E-state index contributed by atoms with van der Waals surface area (Å²) in [4.78, 5) is 0. The summed E-state index contributed by atoms with van der Waals surface area (Å²) in [5.41, 5.74) is 0. The van der Waals surface area contributed by atoms with Crippen LogP contribution in [0.25, 0.3) is 0 Å². The molecule has 0 radical (unpaired) electrons. The molecule has 0 aromatic heterocycles. The van der Waals surface area contributed by atoms with Crippen molar-refractivity contribution in [1.82, 2.24) is 4.72 Å². The van der Waals surface area contributed by atoms with Crippen LogP contribution in [0.4, 0.5) is 0 Å². The first-order chi connectivity index (χ1) is 4.06. The molecular formula is C3H12N2O3S. The normalized spacial score (nSPS) is 13.8. The van der Waals surface area contributed by atoms with Crippen molar-refractivity contribution in [2.24, 2.45) is 5.14 Å². The maximum absolute atomic E-state index is 8.47. The Balaban J connectivity index is 3.07. The molecule has 6 N–H and O–H groups in total. The minimum atomic E-state index is -3.06. The fraction of sp³-hybridized carbons (Fsp3) is 1.00. The second kappa shape index (κ2) is 4.04. The Hall–Kier alpha value is 0.150. The maximum Gasteiger partial charge on any atom is 0.0443 e. The number of rotatable bonds is 4. The van der Waals surface area contributed by atoms with Gasteiger partial charge in [-0.3, -0.25) is 9.11 Å². The molecule has 0 fully saturated rings. The fourth-order valence-corrected chi connectivity index (χ4v) is 0.746. The number of hydrogen-bond donors (Lipinski definition) is 5. The topological polar surface area (TPSA) is 98.7 Å². The van der Waals surface area contributed by atoms with Gasteiger partial charge in [-0.2, -0.15) is 0 Å². The van der Waals surface area contributed by atoms with E-state index in [1.807, 2.05) is 0 Å². The molecule has 0 aliphatic rings. The predicted octanol–water partition coefficient (Wildman–Crippen LogP) is -0.502. The highest BCUT2D eigenvalue weighted by atomic mass is 32.3. The zero-order valence-corrected chi connectivity index (χ0v) is 5.77. The van der Waals surface area contributed by atoms with Crippen molar-refractivity contribution in [3.63, 3.8) is 0 Å². The van der Waals surface area contributed by atoms with Crippen LogP contribution in [0.5, 0.6) is 0 Å². The molecule has 0 unspecified atom stereocenters. The zero-order chi connectivity index (χ0) is 7.33. The van der Waals surface area contributed by atoms with Crippen molar-refractivity contribution < 1.29 is 14.2 Å². The average molecular weight is 156 g/mol. The molecule has 0 aliphatic carbocycles. The second-order valence-corrected chi connectivity index (χ2v) is 3.04. The molecule has 0 saturated carbocycles. The highest BCUT2D eigenvalue weighted by Gasteiger charge is 1.99. The summed E-state index contributed by atoms with van der Waals surface area (Å²) < 4.78 is 19.2. The van der Waals surface area contributed by atoms with E-state index in [0.717, 1.165) is 0 Å². The number of nitrogens with two attached hydrogens (primary N) is 1. The Bertz CT molecular complexity index is 73.9. The number of hydrogen-bond acceptors (Lipinski definition) is 5. The number of nitrogens with one attached hydrogen (secondary N) is 1. The first-order valence-corrected chi connectivity index (χ1v) is 4.08. The van der Waals surface area contributed by atoms with E-state index in [2.05, 4.69) is 4.72 Å². The molecule has 0 aliphatic heterocycles. The Morgan fingerprint density at radius 3 is 2.33 bits per heavy atom. The molecule has 0 aromatic rings. The van der Waals surface area contributed by atoms with Crippen LogP contribution in [-0.4, -0.2) is 27.4 Å². The maximum atomic E-state index is 8.47. The summed E-state index contributed by atoms with van der Waals surface area (Å²) in [5, 5.41) is 13.0. The van der Waals surface area contributed by atoms with Gasteiger partial charge in [0, 0.05) is 13.2 Å². The van der Waals surface area contributed by atoms with Crippen molar-refractivity contribution in [2.75, 3.05) is 13.2 Å². The molecule has 6 heteroatoms. The molecule has 5 nitrogen and oxygen atoms in total.